The molecular weight excluding hydrogens is 217 g/mol. The van der Waals surface area contributed by atoms with E-state index in [4.69, 9.17) is 4.74 Å². The molecule has 1 aliphatic rings. The van der Waals surface area contributed by atoms with Gasteiger partial charge < -0.3 is 10.1 Å². The fourth-order valence-corrected chi connectivity index (χ4v) is 2.04. The third-order valence-electron chi connectivity index (χ3n) is 3.09. The average Bonchev–Trinajstić information content (AvgIpc) is 3.10. The van der Waals surface area contributed by atoms with Gasteiger partial charge in [-0.15, -0.1) is 0 Å². The smallest absolute Gasteiger partial charge is 0.123 e. The van der Waals surface area contributed by atoms with Crippen molar-refractivity contribution in [1.29, 1.82) is 0 Å². The molecule has 1 N–H and O–H groups in total. The van der Waals surface area contributed by atoms with E-state index in [1.807, 2.05) is 6.07 Å². The second-order valence-electron chi connectivity index (χ2n) is 4.84. The molecule has 1 aliphatic carbocycles. The summed E-state index contributed by atoms with van der Waals surface area (Å²) in [6, 6.07) is 7.55. The van der Waals surface area contributed by atoms with Crippen molar-refractivity contribution in [3.8, 4) is 0 Å². The molecule has 0 aromatic heterocycles. The van der Waals surface area contributed by atoms with Crippen LogP contribution >= 0.6 is 0 Å². The van der Waals surface area contributed by atoms with Crippen molar-refractivity contribution in [1.82, 2.24) is 5.32 Å². The summed E-state index contributed by atoms with van der Waals surface area (Å²) < 4.78 is 18.3. The summed E-state index contributed by atoms with van der Waals surface area (Å²) >= 11 is 0. The Morgan fingerprint density at radius 3 is 2.94 bits per heavy atom. The Hall–Kier alpha value is -0.930. The van der Waals surface area contributed by atoms with Crippen LogP contribution in [0.1, 0.15) is 18.4 Å². The predicted octanol–water partition coefficient (Wildman–Crippen LogP) is 2.38. The van der Waals surface area contributed by atoms with E-state index in [-0.39, 0.29) is 5.82 Å². The summed E-state index contributed by atoms with van der Waals surface area (Å²) in [6.45, 7) is 1.67. The van der Waals surface area contributed by atoms with Gasteiger partial charge in [0.05, 0.1) is 6.61 Å². The lowest BCUT2D eigenvalue weighted by molar-refractivity contribution is 0.150. The Labute approximate surface area is 102 Å². The number of methoxy groups -OCH3 is 1. The van der Waals surface area contributed by atoms with Crippen molar-refractivity contribution < 1.29 is 9.13 Å². The van der Waals surface area contributed by atoms with E-state index in [9.17, 15) is 4.39 Å². The number of halogens is 1. The molecule has 0 radical (unpaired) electrons. The fourth-order valence-electron chi connectivity index (χ4n) is 2.04. The largest absolute Gasteiger partial charge is 0.384 e. The molecule has 0 bridgehead atoms. The van der Waals surface area contributed by atoms with Gasteiger partial charge in [-0.2, -0.15) is 0 Å². The van der Waals surface area contributed by atoms with Crippen LogP contribution in [-0.4, -0.2) is 26.3 Å². The minimum absolute atomic E-state index is 0.159. The first kappa shape index (κ1) is 12.5. The van der Waals surface area contributed by atoms with Crippen LogP contribution in [0.15, 0.2) is 24.3 Å². The second kappa shape index (κ2) is 6.12. The van der Waals surface area contributed by atoms with E-state index < -0.39 is 0 Å². The van der Waals surface area contributed by atoms with Crippen molar-refractivity contribution in [3.63, 3.8) is 0 Å². The minimum Gasteiger partial charge on any atom is -0.384 e. The van der Waals surface area contributed by atoms with E-state index in [1.165, 1.54) is 18.9 Å². The molecule has 0 saturated heterocycles. The predicted molar refractivity (Wildman–Crippen MR) is 66.5 cm³/mol. The van der Waals surface area contributed by atoms with Crippen LogP contribution in [0.25, 0.3) is 0 Å². The summed E-state index contributed by atoms with van der Waals surface area (Å²) in [5.74, 6) is 0.260. The Morgan fingerprint density at radius 2 is 2.29 bits per heavy atom. The van der Waals surface area contributed by atoms with Crippen molar-refractivity contribution >= 4 is 0 Å². The molecule has 1 atom stereocenters. The van der Waals surface area contributed by atoms with Gasteiger partial charge in [0, 0.05) is 19.7 Å². The third kappa shape index (κ3) is 4.44. The van der Waals surface area contributed by atoms with Crippen LogP contribution < -0.4 is 5.32 Å². The molecule has 1 fully saturated rings. The zero-order valence-electron chi connectivity index (χ0n) is 10.3. The molecule has 0 aliphatic heterocycles. The van der Waals surface area contributed by atoms with E-state index in [0.717, 1.165) is 25.1 Å². The lowest BCUT2D eigenvalue weighted by Crippen LogP contribution is -2.28. The molecule has 0 amide bonds. The van der Waals surface area contributed by atoms with Gasteiger partial charge in [-0.25, -0.2) is 4.39 Å². The highest BCUT2D eigenvalue weighted by atomic mass is 19.1. The van der Waals surface area contributed by atoms with Crippen LogP contribution in [0.4, 0.5) is 4.39 Å². The van der Waals surface area contributed by atoms with Crippen LogP contribution in [0.3, 0.4) is 0 Å². The summed E-state index contributed by atoms with van der Waals surface area (Å²) in [5.41, 5.74) is 1.05. The third-order valence-corrected chi connectivity index (χ3v) is 3.09. The van der Waals surface area contributed by atoms with Crippen LogP contribution in [0.5, 0.6) is 0 Å². The molecule has 0 spiro atoms. The number of ether oxygens (including phenoxy) is 1. The highest BCUT2D eigenvalue weighted by Crippen LogP contribution is 2.19. The molecule has 1 saturated carbocycles. The number of hydrogen-bond donors (Lipinski definition) is 1. The fraction of sp³-hybridized carbons (Fsp3) is 0.571. The number of nitrogens with one attached hydrogen (secondary N) is 1. The van der Waals surface area contributed by atoms with Crippen molar-refractivity contribution in [2.45, 2.75) is 25.3 Å². The molecule has 17 heavy (non-hydrogen) atoms. The van der Waals surface area contributed by atoms with Gasteiger partial charge in [-0.05, 0) is 42.9 Å². The summed E-state index contributed by atoms with van der Waals surface area (Å²) in [4.78, 5) is 0. The van der Waals surface area contributed by atoms with Gasteiger partial charge in [0.25, 0.3) is 0 Å². The Morgan fingerprint density at radius 1 is 1.47 bits per heavy atom. The number of hydrogen-bond acceptors (Lipinski definition) is 2. The first-order valence-corrected chi connectivity index (χ1v) is 6.24. The summed E-state index contributed by atoms with van der Waals surface area (Å²) in [7, 11) is 1.72. The lowest BCUT2D eigenvalue weighted by atomic mass is 10.00. The minimum atomic E-state index is -0.159. The van der Waals surface area contributed by atoms with Gasteiger partial charge in [-0.3, -0.25) is 0 Å². The SMILES string of the molecule is COCC(CNC1CC1)Cc1cccc(F)c1. The Balaban J connectivity index is 1.86. The molecule has 2 nitrogen and oxygen atoms in total. The van der Waals surface area contributed by atoms with Crippen LogP contribution in [-0.2, 0) is 11.2 Å². The average molecular weight is 237 g/mol. The normalized spacial score (nSPS) is 17.1. The van der Waals surface area contributed by atoms with E-state index >= 15 is 0 Å². The highest BCUT2D eigenvalue weighted by molar-refractivity contribution is 5.17. The molecule has 0 heterocycles. The van der Waals surface area contributed by atoms with E-state index in [1.54, 1.807) is 19.2 Å². The maximum absolute atomic E-state index is 13.1. The summed E-state index contributed by atoms with van der Waals surface area (Å²) in [6.07, 6.45) is 3.45. The van der Waals surface area contributed by atoms with E-state index in [2.05, 4.69) is 5.32 Å². The van der Waals surface area contributed by atoms with Crippen LogP contribution in [0.2, 0.25) is 0 Å². The lowest BCUT2D eigenvalue weighted by Gasteiger charge is -2.16. The molecule has 1 aromatic rings. The van der Waals surface area contributed by atoms with Gasteiger partial charge >= 0.3 is 0 Å². The molecular formula is C14H20FNO. The first-order chi connectivity index (χ1) is 8.28. The molecule has 1 unspecified atom stereocenters. The van der Waals surface area contributed by atoms with Crippen molar-refractivity contribution in [2.75, 3.05) is 20.3 Å². The second-order valence-corrected chi connectivity index (χ2v) is 4.84. The zero-order chi connectivity index (χ0) is 12.1. The molecule has 94 valence electrons. The van der Waals surface area contributed by atoms with Crippen LogP contribution in [0, 0.1) is 11.7 Å². The van der Waals surface area contributed by atoms with Gasteiger partial charge in [0.2, 0.25) is 0 Å². The molecule has 2 rings (SSSR count). The number of benzene rings is 1. The topological polar surface area (TPSA) is 21.3 Å². The standard InChI is InChI=1S/C14H20FNO/c1-17-10-12(9-16-14-5-6-14)7-11-3-2-4-13(15)8-11/h2-4,8,12,14,16H,5-7,9-10H2,1H3. The monoisotopic (exact) mass is 237 g/mol. The quantitative estimate of drug-likeness (QED) is 0.786. The summed E-state index contributed by atoms with van der Waals surface area (Å²) in [5, 5.41) is 3.50. The van der Waals surface area contributed by atoms with Gasteiger partial charge in [-0.1, -0.05) is 12.1 Å². The molecule has 1 aromatic carbocycles. The van der Waals surface area contributed by atoms with Crippen molar-refractivity contribution in [2.24, 2.45) is 5.92 Å². The maximum atomic E-state index is 13.1. The number of rotatable bonds is 7. The van der Waals surface area contributed by atoms with Gasteiger partial charge in [0.1, 0.15) is 5.82 Å². The Bertz CT molecular complexity index is 352. The van der Waals surface area contributed by atoms with E-state index in [0.29, 0.717) is 12.0 Å². The maximum Gasteiger partial charge on any atom is 0.123 e. The first-order valence-electron chi connectivity index (χ1n) is 6.24. The Kier molecular flexibility index (Phi) is 4.51. The van der Waals surface area contributed by atoms with Crippen molar-refractivity contribution in [3.05, 3.63) is 35.6 Å². The van der Waals surface area contributed by atoms with Gasteiger partial charge in [0.15, 0.2) is 0 Å². The zero-order valence-corrected chi connectivity index (χ0v) is 10.3. The highest BCUT2D eigenvalue weighted by Gasteiger charge is 2.22. The molecule has 3 heteroatoms.